The predicted octanol–water partition coefficient (Wildman–Crippen LogP) is 5.21. The first-order valence-electron chi connectivity index (χ1n) is 13.1. The maximum absolute atomic E-state index is 14.2. The fourth-order valence-corrected chi connectivity index (χ4v) is 5.02. The Hall–Kier alpha value is -4.46. The van der Waals surface area contributed by atoms with Gasteiger partial charge in [-0.25, -0.2) is 4.39 Å². The van der Waals surface area contributed by atoms with E-state index in [1.54, 1.807) is 30.6 Å². The van der Waals surface area contributed by atoms with Crippen LogP contribution >= 0.6 is 0 Å². The van der Waals surface area contributed by atoms with Gasteiger partial charge in [-0.15, -0.1) is 0 Å². The number of carbonyl (C=O) groups is 2. The lowest BCUT2D eigenvalue weighted by molar-refractivity contribution is -0.134. The maximum Gasteiger partial charge on any atom is 0.287 e. The Morgan fingerprint density at radius 1 is 1.05 bits per heavy atom. The van der Waals surface area contributed by atoms with E-state index in [9.17, 15) is 14.0 Å². The molecule has 1 aliphatic carbocycles. The monoisotopic (exact) mass is 525 g/mol. The van der Waals surface area contributed by atoms with Crippen molar-refractivity contribution in [1.29, 1.82) is 0 Å². The molecule has 3 heterocycles. The van der Waals surface area contributed by atoms with Crippen molar-refractivity contribution in [1.82, 2.24) is 15.2 Å². The van der Waals surface area contributed by atoms with Crippen molar-refractivity contribution in [2.75, 3.05) is 6.54 Å². The van der Waals surface area contributed by atoms with Crippen LogP contribution in [-0.2, 0) is 24.4 Å². The molecule has 0 spiro atoms. The van der Waals surface area contributed by atoms with Crippen molar-refractivity contribution < 1.29 is 23.1 Å². The molecule has 2 amide bonds. The number of rotatable bonds is 8. The van der Waals surface area contributed by atoms with Crippen LogP contribution in [0.2, 0.25) is 0 Å². The number of fused-ring (bicyclic) bond motifs is 1. The Labute approximate surface area is 225 Å². The Kier molecular flexibility index (Phi) is 6.84. The van der Waals surface area contributed by atoms with Gasteiger partial charge >= 0.3 is 0 Å². The molecule has 39 heavy (non-hydrogen) atoms. The number of hydrogen-bond donors (Lipinski definition) is 1. The van der Waals surface area contributed by atoms with Crippen molar-refractivity contribution >= 4 is 11.8 Å². The lowest BCUT2D eigenvalue weighted by Gasteiger charge is -2.38. The van der Waals surface area contributed by atoms with Crippen molar-refractivity contribution in [3.63, 3.8) is 0 Å². The molecule has 0 saturated heterocycles. The van der Waals surface area contributed by atoms with E-state index in [4.69, 9.17) is 9.15 Å². The molecular weight excluding hydrogens is 497 g/mol. The second-order valence-electron chi connectivity index (χ2n) is 9.97. The number of pyridine rings is 1. The Morgan fingerprint density at radius 3 is 2.69 bits per heavy atom. The highest BCUT2D eigenvalue weighted by Gasteiger charge is 2.39. The molecule has 0 unspecified atom stereocenters. The number of nitrogens with zero attached hydrogens (tertiary/aromatic N) is 2. The quantitative estimate of drug-likeness (QED) is 0.342. The Balaban J connectivity index is 1.17. The zero-order chi connectivity index (χ0) is 26.8. The molecule has 0 radical (unpaired) electrons. The molecule has 0 bridgehead atoms. The summed E-state index contributed by atoms with van der Waals surface area (Å²) < 4.78 is 26.0. The maximum atomic E-state index is 14.2. The van der Waals surface area contributed by atoms with E-state index in [1.807, 2.05) is 41.3 Å². The third-order valence-electron chi connectivity index (χ3n) is 7.19. The van der Waals surface area contributed by atoms with Crippen LogP contribution in [0.5, 0.6) is 5.75 Å². The highest BCUT2D eigenvalue weighted by atomic mass is 19.1. The zero-order valence-corrected chi connectivity index (χ0v) is 21.3. The van der Waals surface area contributed by atoms with Gasteiger partial charge in [0.25, 0.3) is 5.91 Å². The standard InChI is InChI=1S/C31H28FN3O4/c32-24-3-1-2-23(16-24)29-27-17-25(7-6-21(27)12-15-35(29)31(37)22-4-5-22)38-19-26-8-9-28(39-26)30(36)34-18-20-10-13-33-14-11-20/h1-3,6-11,13-14,16-17,22,29H,4-5,12,15,18-19H2,(H,34,36)/t29-/m1/s1. The zero-order valence-electron chi connectivity index (χ0n) is 21.3. The third-order valence-corrected chi connectivity index (χ3v) is 7.19. The number of aromatic nitrogens is 1. The van der Waals surface area contributed by atoms with Crippen LogP contribution < -0.4 is 10.1 Å². The number of benzene rings is 2. The van der Waals surface area contributed by atoms with Crippen LogP contribution in [0.3, 0.4) is 0 Å². The summed E-state index contributed by atoms with van der Waals surface area (Å²) in [5.41, 5.74) is 3.74. The summed E-state index contributed by atoms with van der Waals surface area (Å²) in [5.74, 6) is 0.872. The van der Waals surface area contributed by atoms with Gasteiger partial charge in [0.15, 0.2) is 5.76 Å². The lowest BCUT2D eigenvalue weighted by atomic mass is 9.87. The Morgan fingerprint density at radius 2 is 1.90 bits per heavy atom. The summed E-state index contributed by atoms with van der Waals surface area (Å²) in [7, 11) is 0. The van der Waals surface area contributed by atoms with Gasteiger partial charge in [0.1, 0.15) is 23.9 Å². The fraction of sp³-hybridized carbons (Fsp3) is 0.258. The highest BCUT2D eigenvalue weighted by Crippen LogP contribution is 2.41. The summed E-state index contributed by atoms with van der Waals surface area (Å²) in [6.07, 6.45) is 5.90. The molecule has 1 saturated carbocycles. The van der Waals surface area contributed by atoms with Gasteiger partial charge in [-0.3, -0.25) is 14.6 Å². The largest absolute Gasteiger partial charge is 0.486 e. The highest BCUT2D eigenvalue weighted by molar-refractivity contribution is 5.91. The SMILES string of the molecule is O=C(NCc1ccncc1)c1ccc(COc2ccc3c(c2)[C@@H](c2cccc(F)c2)N(C(=O)C2CC2)CC3)o1. The second-order valence-corrected chi connectivity index (χ2v) is 9.97. The number of halogens is 1. The second kappa shape index (κ2) is 10.7. The number of nitrogens with one attached hydrogen (secondary N) is 1. The number of amides is 2. The van der Waals surface area contributed by atoms with Gasteiger partial charge in [-0.2, -0.15) is 0 Å². The van der Waals surface area contributed by atoms with Gasteiger partial charge in [0, 0.05) is 31.4 Å². The minimum Gasteiger partial charge on any atom is -0.486 e. The van der Waals surface area contributed by atoms with Gasteiger partial charge in [0.05, 0.1) is 6.04 Å². The van der Waals surface area contributed by atoms with Gasteiger partial charge in [0.2, 0.25) is 5.91 Å². The lowest BCUT2D eigenvalue weighted by Crippen LogP contribution is -2.41. The number of furan rings is 1. The molecule has 1 fully saturated rings. The third kappa shape index (κ3) is 5.55. The van der Waals surface area contributed by atoms with Gasteiger partial charge in [-0.05, 0) is 90.0 Å². The van der Waals surface area contributed by atoms with E-state index in [0.29, 0.717) is 24.6 Å². The normalized spacial score (nSPS) is 16.4. The first kappa shape index (κ1) is 24.9. The van der Waals surface area contributed by atoms with E-state index < -0.39 is 0 Å². The first-order chi connectivity index (χ1) is 19.0. The number of ether oxygens (including phenoxy) is 1. The van der Waals surface area contributed by atoms with E-state index in [1.165, 1.54) is 12.1 Å². The summed E-state index contributed by atoms with van der Waals surface area (Å²) in [6, 6.07) is 18.9. The molecule has 1 N–H and O–H groups in total. The molecular formula is C31H28FN3O4. The van der Waals surface area contributed by atoms with Crippen LogP contribution in [0, 0.1) is 11.7 Å². The predicted molar refractivity (Wildman–Crippen MR) is 141 cm³/mol. The summed E-state index contributed by atoms with van der Waals surface area (Å²) in [4.78, 5) is 31.5. The number of carbonyl (C=O) groups excluding carboxylic acids is 2. The molecule has 7 nitrogen and oxygen atoms in total. The molecule has 2 aromatic heterocycles. The molecule has 8 heteroatoms. The molecule has 1 aliphatic heterocycles. The van der Waals surface area contributed by atoms with Crippen molar-refractivity contribution in [2.45, 2.75) is 38.5 Å². The minimum atomic E-state index is -0.375. The fourth-order valence-electron chi connectivity index (χ4n) is 5.02. The van der Waals surface area contributed by atoms with Crippen molar-refractivity contribution in [3.05, 3.63) is 119 Å². The van der Waals surface area contributed by atoms with E-state index in [2.05, 4.69) is 10.3 Å². The molecule has 2 aromatic carbocycles. The van der Waals surface area contributed by atoms with E-state index >= 15 is 0 Å². The minimum absolute atomic E-state index is 0.0668. The van der Waals surface area contributed by atoms with Crippen LogP contribution in [0.25, 0.3) is 0 Å². The molecule has 6 rings (SSSR count). The van der Waals surface area contributed by atoms with E-state index in [0.717, 1.165) is 41.5 Å². The smallest absolute Gasteiger partial charge is 0.287 e. The van der Waals surface area contributed by atoms with Crippen LogP contribution in [0.4, 0.5) is 4.39 Å². The van der Waals surface area contributed by atoms with E-state index in [-0.39, 0.29) is 42.0 Å². The number of hydrogen-bond acceptors (Lipinski definition) is 5. The van der Waals surface area contributed by atoms with Gasteiger partial charge in [-0.1, -0.05) is 18.2 Å². The summed E-state index contributed by atoms with van der Waals surface area (Å²) in [6.45, 7) is 1.10. The Bertz CT molecular complexity index is 1500. The summed E-state index contributed by atoms with van der Waals surface area (Å²) in [5, 5.41) is 2.83. The first-order valence-corrected chi connectivity index (χ1v) is 13.1. The summed E-state index contributed by atoms with van der Waals surface area (Å²) >= 11 is 0. The van der Waals surface area contributed by atoms with Crippen LogP contribution in [0.15, 0.2) is 83.5 Å². The average molecular weight is 526 g/mol. The van der Waals surface area contributed by atoms with Crippen LogP contribution in [-0.4, -0.2) is 28.2 Å². The van der Waals surface area contributed by atoms with Crippen molar-refractivity contribution in [2.24, 2.45) is 5.92 Å². The topological polar surface area (TPSA) is 84.7 Å². The molecule has 1 atom stereocenters. The molecule has 4 aromatic rings. The molecule has 2 aliphatic rings. The van der Waals surface area contributed by atoms with Gasteiger partial charge < -0.3 is 19.4 Å². The van der Waals surface area contributed by atoms with Crippen molar-refractivity contribution in [3.8, 4) is 5.75 Å². The average Bonchev–Trinajstić information content (AvgIpc) is 3.71. The van der Waals surface area contributed by atoms with Crippen LogP contribution in [0.1, 0.15) is 57.5 Å². The molecule has 198 valence electrons.